The van der Waals surface area contributed by atoms with Crippen molar-refractivity contribution < 1.29 is 9.47 Å². The molecule has 1 unspecified atom stereocenters. The molecule has 0 bridgehead atoms. The molecule has 0 N–H and O–H groups in total. The topological polar surface area (TPSA) is 18.5 Å². The van der Waals surface area contributed by atoms with E-state index in [2.05, 4.69) is 35.0 Å². The van der Waals surface area contributed by atoms with Crippen LogP contribution in [0.5, 0.6) is 5.75 Å². The maximum atomic E-state index is 5.91. The zero-order valence-electron chi connectivity index (χ0n) is 11.3. The Balaban J connectivity index is 2.39. The minimum Gasteiger partial charge on any atom is -0.497 e. The lowest BCUT2D eigenvalue weighted by molar-refractivity contribution is 0.0668. The van der Waals surface area contributed by atoms with E-state index in [1.165, 1.54) is 24.8 Å². The van der Waals surface area contributed by atoms with Gasteiger partial charge in [0, 0.05) is 11.9 Å². The van der Waals surface area contributed by atoms with Gasteiger partial charge in [-0.1, -0.05) is 54.2 Å². The number of hydrogen-bond acceptors (Lipinski definition) is 2. The molecule has 1 aromatic carbocycles. The molecule has 0 aromatic heterocycles. The Morgan fingerprint density at radius 2 is 1.83 bits per heavy atom. The van der Waals surface area contributed by atoms with Gasteiger partial charge in [0.05, 0.1) is 13.2 Å². The van der Waals surface area contributed by atoms with Crippen LogP contribution in [0.25, 0.3) is 0 Å². The van der Waals surface area contributed by atoms with E-state index in [0.29, 0.717) is 0 Å². The number of methoxy groups -OCH3 is 1. The predicted molar refractivity (Wildman–Crippen MR) is 79.6 cm³/mol. The van der Waals surface area contributed by atoms with Crippen molar-refractivity contribution in [3.05, 3.63) is 29.8 Å². The molecule has 0 fully saturated rings. The van der Waals surface area contributed by atoms with E-state index < -0.39 is 0 Å². The Hall–Kier alpha value is -0.540. The molecule has 2 nitrogen and oxygen atoms in total. The average molecular weight is 315 g/mol. The van der Waals surface area contributed by atoms with Crippen LogP contribution in [0, 0.1) is 0 Å². The molecular weight excluding hydrogens is 292 g/mol. The van der Waals surface area contributed by atoms with Crippen molar-refractivity contribution in [2.75, 3.05) is 19.0 Å². The summed E-state index contributed by atoms with van der Waals surface area (Å²) in [6.45, 7) is 3.06. The van der Waals surface area contributed by atoms with Crippen molar-refractivity contribution in [1.82, 2.24) is 0 Å². The van der Waals surface area contributed by atoms with Crippen LogP contribution in [0.2, 0.25) is 0 Å². The lowest BCUT2D eigenvalue weighted by atomic mass is 10.1. The largest absolute Gasteiger partial charge is 0.497 e. The summed E-state index contributed by atoms with van der Waals surface area (Å²) < 4.78 is 11.1. The SMILES string of the molecule is CCCCCCOC(CBr)c1ccc(OC)cc1. The fourth-order valence-electron chi connectivity index (χ4n) is 1.80. The molecule has 0 saturated heterocycles. The second-order valence-electron chi connectivity index (χ2n) is 4.35. The van der Waals surface area contributed by atoms with Crippen molar-refractivity contribution in [3.63, 3.8) is 0 Å². The Kier molecular flexibility index (Phi) is 8.10. The average Bonchev–Trinajstić information content (AvgIpc) is 2.43. The van der Waals surface area contributed by atoms with Gasteiger partial charge in [-0.2, -0.15) is 0 Å². The van der Waals surface area contributed by atoms with Gasteiger partial charge in [-0.15, -0.1) is 0 Å². The second-order valence-corrected chi connectivity index (χ2v) is 5.00. The lowest BCUT2D eigenvalue weighted by Gasteiger charge is -2.16. The summed E-state index contributed by atoms with van der Waals surface area (Å²) >= 11 is 3.51. The van der Waals surface area contributed by atoms with Crippen LogP contribution >= 0.6 is 15.9 Å². The Morgan fingerprint density at radius 3 is 2.39 bits per heavy atom. The Morgan fingerprint density at radius 1 is 1.11 bits per heavy atom. The molecule has 3 heteroatoms. The third-order valence-electron chi connectivity index (χ3n) is 2.94. The standard InChI is InChI=1S/C15H23BrO2/c1-3-4-5-6-11-18-15(12-16)13-7-9-14(17-2)10-8-13/h7-10,15H,3-6,11-12H2,1-2H3. The summed E-state index contributed by atoms with van der Waals surface area (Å²) in [5.74, 6) is 0.884. The maximum absolute atomic E-state index is 5.91. The minimum atomic E-state index is 0.137. The summed E-state index contributed by atoms with van der Waals surface area (Å²) in [5, 5.41) is 0.826. The molecule has 0 aliphatic rings. The highest BCUT2D eigenvalue weighted by atomic mass is 79.9. The third kappa shape index (κ3) is 5.40. The molecule has 0 radical (unpaired) electrons. The van der Waals surface area contributed by atoms with Crippen molar-refractivity contribution in [2.45, 2.75) is 38.7 Å². The first-order valence-electron chi connectivity index (χ1n) is 6.63. The highest BCUT2D eigenvalue weighted by molar-refractivity contribution is 9.09. The van der Waals surface area contributed by atoms with Gasteiger partial charge in [0.25, 0.3) is 0 Å². The van der Waals surface area contributed by atoms with E-state index in [9.17, 15) is 0 Å². The number of unbranched alkanes of at least 4 members (excludes halogenated alkanes) is 3. The summed E-state index contributed by atoms with van der Waals surface area (Å²) in [7, 11) is 1.68. The fourth-order valence-corrected chi connectivity index (χ4v) is 2.36. The number of alkyl halides is 1. The molecule has 18 heavy (non-hydrogen) atoms. The van der Waals surface area contributed by atoms with Crippen LogP contribution < -0.4 is 4.74 Å². The van der Waals surface area contributed by atoms with Crippen LogP contribution in [0.1, 0.15) is 44.3 Å². The van der Waals surface area contributed by atoms with Crippen molar-refractivity contribution in [2.24, 2.45) is 0 Å². The highest BCUT2D eigenvalue weighted by Gasteiger charge is 2.10. The van der Waals surface area contributed by atoms with E-state index in [-0.39, 0.29) is 6.10 Å². The smallest absolute Gasteiger partial charge is 0.118 e. The molecule has 1 rings (SSSR count). The second kappa shape index (κ2) is 9.40. The van der Waals surface area contributed by atoms with Gasteiger partial charge in [-0.25, -0.2) is 0 Å². The lowest BCUT2D eigenvalue weighted by Crippen LogP contribution is -2.07. The molecule has 102 valence electrons. The number of benzene rings is 1. The van der Waals surface area contributed by atoms with Crippen molar-refractivity contribution in [1.29, 1.82) is 0 Å². The summed E-state index contributed by atoms with van der Waals surface area (Å²) in [4.78, 5) is 0. The first-order chi connectivity index (χ1) is 8.81. The van der Waals surface area contributed by atoms with Crippen LogP contribution in [0.4, 0.5) is 0 Å². The molecule has 0 amide bonds. The van der Waals surface area contributed by atoms with E-state index >= 15 is 0 Å². The molecule has 0 saturated carbocycles. The first-order valence-corrected chi connectivity index (χ1v) is 7.75. The van der Waals surface area contributed by atoms with Crippen LogP contribution in [-0.4, -0.2) is 19.0 Å². The fraction of sp³-hybridized carbons (Fsp3) is 0.600. The number of hydrogen-bond donors (Lipinski definition) is 0. The molecule has 0 aliphatic carbocycles. The Labute approximate surface area is 119 Å². The molecular formula is C15H23BrO2. The molecule has 0 spiro atoms. The Bertz CT molecular complexity index is 311. The van der Waals surface area contributed by atoms with E-state index in [1.54, 1.807) is 7.11 Å². The van der Waals surface area contributed by atoms with Crippen LogP contribution in [0.15, 0.2) is 24.3 Å². The van der Waals surface area contributed by atoms with Gasteiger partial charge < -0.3 is 9.47 Å². The maximum Gasteiger partial charge on any atom is 0.118 e. The van der Waals surface area contributed by atoms with Crippen molar-refractivity contribution in [3.8, 4) is 5.75 Å². The van der Waals surface area contributed by atoms with E-state index in [0.717, 1.165) is 24.1 Å². The number of rotatable bonds is 9. The van der Waals surface area contributed by atoms with Gasteiger partial charge in [-0.3, -0.25) is 0 Å². The van der Waals surface area contributed by atoms with Gasteiger partial charge in [0.15, 0.2) is 0 Å². The van der Waals surface area contributed by atoms with Crippen molar-refractivity contribution >= 4 is 15.9 Å². The monoisotopic (exact) mass is 314 g/mol. The molecule has 0 heterocycles. The molecule has 1 aromatic rings. The summed E-state index contributed by atoms with van der Waals surface area (Å²) in [6, 6.07) is 8.09. The first kappa shape index (κ1) is 15.5. The molecule has 0 aliphatic heterocycles. The van der Waals surface area contributed by atoms with Gasteiger partial charge in [0.1, 0.15) is 5.75 Å². The van der Waals surface area contributed by atoms with Crippen LogP contribution in [0.3, 0.4) is 0 Å². The number of ether oxygens (including phenoxy) is 2. The normalized spacial score (nSPS) is 12.4. The van der Waals surface area contributed by atoms with E-state index in [4.69, 9.17) is 9.47 Å². The summed E-state index contributed by atoms with van der Waals surface area (Å²) in [5.41, 5.74) is 1.20. The quantitative estimate of drug-likeness (QED) is 0.484. The third-order valence-corrected chi connectivity index (χ3v) is 3.53. The van der Waals surface area contributed by atoms with Crippen LogP contribution in [-0.2, 0) is 4.74 Å². The summed E-state index contributed by atoms with van der Waals surface area (Å²) in [6.07, 6.45) is 5.10. The zero-order chi connectivity index (χ0) is 13.2. The predicted octanol–water partition coefficient (Wildman–Crippen LogP) is 4.73. The number of halogens is 1. The highest BCUT2D eigenvalue weighted by Crippen LogP contribution is 2.22. The van der Waals surface area contributed by atoms with Gasteiger partial charge in [0.2, 0.25) is 0 Å². The molecule has 1 atom stereocenters. The zero-order valence-corrected chi connectivity index (χ0v) is 12.9. The van der Waals surface area contributed by atoms with Gasteiger partial charge >= 0.3 is 0 Å². The van der Waals surface area contributed by atoms with Gasteiger partial charge in [-0.05, 0) is 24.1 Å². The van der Waals surface area contributed by atoms with E-state index in [1.807, 2.05) is 12.1 Å². The minimum absolute atomic E-state index is 0.137.